The zero-order valence-corrected chi connectivity index (χ0v) is 11.4. The first-order chi connectivity index (χ1) is 8.02. The van der Waals surface area contributed by atoms with Crippen molar-refractivity contribution in [2.45, 2.75) is 52.1 Å². The van der Waals surface area contributed by atoms with Gasteiger partial charge in [-0.25, -0.2) is 0 Å². The molecule has 4 nitrogen and oxygen atoms in total. The Morgan fingerprint density at radius 3 is 2.41 bits per heavy atom. The summed E-state index contributed by atoms with van der Waals surface area (Å²) < 4.78 is 0. The van der Waals surface area contributed by atoms with E-state index in [4.69, 9.17) is 5.73 Å². The van der Waals surface area contributed by atoms with Crippen LogP contribution >= 0.6 is 0 Å². The summed E-state index contributed by atoms with van der Waals surface area (Å²) in [5.41, 5.74) is 5.52. The van der Waals surface area contributed by atoms with E-state index in [1.165, 1.54) is 0 Å². The fraction of sp³-hybridized carbons (Fsp3) is 0.923. The van der Waals surface area contributed by atoms with E-state index >= 15 is 0 Å². The number of hydrogen-bond acceptors (Lipinski definition) is 3. The average molecular weight is 241 g/mol. The van der Waals surface area contributed by atoms with Crippen LogP contribution < -0.4 is 11.1 Å². The molecule has 1 aliphatic rings. The predicted molar refractivity (Wildman–Crippen MR) is 70.7 cm³/mol. The zero-order chi connectivity index (χ0) is 12.8. The lowest BCUT2D eigenvalue weighted by Gasteiger charge is -2.35. The van der Waals surface area contributed by atoms with Gasteiger partial charge in [0, 0.05) is 31.6 Å². The molecule has 1 atom stereocenters. The Balaban J connectivity index is 2.23. The molecule has 1 heterocycles. The smallest absolute Gasteiger partial charge is 0.220 e. The molecule has 1 amide bonds. The molecule has 3 N–H and O–H groups in total. The summed E-state index contributed by atoms with van der Waals surface area (Å²) in [5, 5.41) is 3.12. The maximum atomic E-state index is 11.7. The quantitative estimate of drug-likeness (QED) is 0.754. The van der Waals surface area contributed by atoms with Gasteiger partial charge in [-0.2, -0.15) is 0 Å². The van der Waals surface area contributed by atoms with Crippen molar-refractivity contribution >= 4 is 5.91 Å². The summed E-state index contributed by atoms with van der Waals surface area (Å²) >= 11 is 0. The summed E-state index contributed by atoms with van der Waals surface area (Å²) in [6, 6.07) is 0.978. The van der Waals surface area contributed by atoms with Crippen molar-refractivity contribution in [3.05, 3.63) is 0 Å². The summed E-state index contributed by atoms with van der Waals surface area (Å²) in [7, 11) is 0. The van der Waals surface area contributed by atoms with Crippen molar-refractivity contribution in [2.24, 2.45) is 11.7 Å². The van der Waals surface area contributed by atoms with Gasteiger partial charge in [0.25, 0.3) is 0 Å². The number of nitrogens with zero attached hydrogens (tertiary/aromatic N) is 1. The Hall–Kier alpha value is -0.610. The van der Waals surface area contributed by atoms with Crippen molar-refractivity contribution in [2.75, 3.05) is 19.6 Å². The molecule has 1 saturated heterocycles. The Labute approximate surface area is 105 Å². The van der Waals surface area contributed by atoms with Crippen LogP contribution in [0.3, 0.4) is 0 Å². The molecule has 0 aromatic rings. The van der Waals surface area contributed by atoms with Gasteiger partial charge < -0.3 is 16.0 Å². The second kappa shape index (κ2) is 6.97. The maximum absolute atomic E-state index is 11.7. The summed E-state index contributed by atoms with van der Waals surface area (Å²) in [6.07, 6.45) is 2.70. The number of piperidine rings is 1. The number of carbonyl (C=O) groups excluding carboxylic acids is 1. The number of nitrogens with two attached hydrogens (primary N) is 1. The highest BCUT2D eigenvalue weighted by Gasteiger charge is 2.22. The molecule has 0 aromatic heterocycles. The largest absolute Gasteiger partial charge is 0.353 e. The predicted octanol–water partition coefficient (Wildman–Crippen LogP) is 0.960. The van der Waals surface area contributed by atoms with E-state index in [0.29, 0.717) is 25.0 Å². The molecule has 0 radical (unpaired) electrons. The minimum Gasteiger partial charge on any atom is -0.353 e. The summed E-state index contributed by atoms with van der Waals surface area (Å²) in [4.78, 5) is 14.2. The molecule has 1 unspecified atom stereocenters. The van der Waals surface area contributed by atoms with Crippen molar-refractivity contribution in [3.63, 3.8) is 0 Å². The SMILES string of the molecule is CC(CN)CC(=O)NC1CCN(C(C)C)CC1. The molecule has 0 bridgehead atoms. The summed E-state index contributed by atoms with van der Waals surface area (Å²) in [6.45, 7) is 9.23. The van der Waals surface area contributed by atoms with Crippen molar-refractivity contribution < 1.29 is 4.79 Å². The molecular formula is C13H27N3O. The average Bonchev–Trinajstić information content (AvgIpc) is 2.29. The molecule has 1 rings (SSSR count). The molecule has 0 aromatic carbocycles. The van der Waals surface area contributed by atoms with Gasteiger partial charge in [0.15, 0.2) is 0 Å². The maximum Gasteiger partial charge on any atom is 0.220 e. The van der Waals surface area contributed by atoms with Gasteiger partial charge in [0.1, 0.15) is 0 Å². The number of likely N-dealkylation sites (tertiary alicyclic amines) is 1. The van der Waals surface area contributed by atoms with E-state index in [-0.39, 0.29) is 11.8 Å². The zero-order valence-electron chi connectivity index (χ0n) is 11.4. The van der Waals surface area contributed by atoms with Crippen LogP contribution in [0.2, 0.25) is 0 Å². The molecular weight excluding hydrogens is 214 g/mol. The van der Waals surface area contributed by atoms with E-state index in [1.807, 2.05) is 6.92 Å². The first-order valence-electron chi connectivity index (χ1n) is 6.76. The van der Waals surface area contributed by atoms with Crippen LogP contribution in [0.4, 0.5) is 0 Å². The van der Waals surface area contributed by atoms with Gasteiger partial charge >= 0.3 is 0 Å². The highest BCUT2D eigenvalue weighted by Crippen LogP contribution is 2.13. The van der Waals surface area contributed by atoms with Gasteiger partial charge in [0.2, 0.25) is 5.91 Å². The minimum atomic E-state index is 0.158. The standard InChI is InChI=1S/C13H27N3O/c1-10(2)16-6-4-12(5-7-16)15-13(17)8-11(3)9-14/h10-12H,4-9,14H2,1-3H3,(H,15,17). The van der Waals surface area contributed by atoms with Gasteiger partial charge in [-0.05, 0) is 39.2 Å². The Morgan fingerprint density at radius 2 is 1.94 bits per heavy atom. The fourth-order valence-electron chi connectivity index (χ4n) is 2.25. The Bertz CT molecular complexity index is 235. The van der Waals surface area contributed by atoms with E-state index in [0.717, 1.165) is 25.9 Å². The third-order valence-electron chi connectivity index (χ3n) is 3.56. The van der Waals surface area contributed by atoms with Crippen molar-refractivity contribution in [1.82, 2.24) is 10.2 Å². The molecule has 4 heteroatoms. The number of amides is 1. The van der Waals surface area contributed by atoms with Gasteiger partial charge in [-0.1, -0.05) is 6.92 Å². The van der Waals surface area contributed by atoms with E-state index < -0.39 is 0 Å². The van der Waals surface area contributed by atoms with Crippen LogP contribution in [0, 0.1) is 5.92 Å². The number of rotatable bonds is 5. The fourth-order valence-corrected chi connectivity index (χ4v) is 2.25. The van der Waals surface area contributed by atoms with Gasteiger partial charge in [0.05, 0.1) is 0 Å². The normalized spacial score (nSPS) is 20.5. The molecule has 100 valence electrons. The molecule has 0 saturated carbocycles. The Morgan fingerprint density at radius 1 is 1.35 bits per heavy atom. The molecule has 0 spiro atoms. The third kappa shape index (κ3) is 5.04. The second-order valence-electron chi connectivity index (χ2n) is 5.52. The lowest BCUT2D eigenvalue weighted by atomic mass is 10.0. The lowest BCUT2D eigenvalue weighted by Crippen LogP contribution is -2.46. The van der Waals surface area contributed by atoms with Crippen LogP contribution in [-0.4, -0.2) is 42.5 Å². The first kappa shape index (κ1) is 14.5. The monoisotopic (exact) mass is 241 g/mol. The minimum absolute atomic E-state index is 0.158. The van der Waals surface area contributed by atoms with Crippen LogP contribution in [0.5, 0.6) is 0 Å². The topological polar surface area (TPSA) is 58.4 Å². The second-order valence-corrected chi connectivity index (χ2v) is 5.52. The van der Waals surface area contributed by atoms with E-state index in [1.54, 1.807) is 0 Å². The van der Waals surface area contributed by atoms with E-state index in [9.17, 15) is 4.79 Å². The molecule has 1 aliphatic heterocycles. The first-order valence-corrected chi connectivity index (χ1v) is 6.76. The van der Waals surface area contributed by atoms with E-state index in [2.05, 4.69) is 24.1 Å². The molecule has 1 fully saturated rings. The summed E-state index contributed by atoms with van der Waals surface area (Å²) in [5.74, 6) is 0.441. The van der Waals surface area contributed by atoms with Crippen molar-refractivity contribution in [1.29, 1.82) is 0 Å². The highest BCUT2D eigenvalue weighted by atomic mass is 16.1. The van der Waals surface area contributed by atoms with Crippen LogP contribution in [0.25, 0.3) is 0 Å². The number of hydrogen-bond donors (Lipinski definition) is 2. The van der Waals surface area contributed by atoms with Crippen LogP contribution in [0.15, 0.2) is 0 Å². The lowest BCUT2D eigenvalue weighted by molar-refractivity contribution is -0.122. The highest BCUT2D eigenvalue weighted by molar-refractivity contribution is 5.76. The van der Waals surface area contributed by atoms with Gasteiger partial charge in [-0.15, -0.1) is 0 Å². The van der Waals surface area contributed by atoms with Crippen LogP contribution in [-0.2, 0) is 4.79 Å². The van der Waals surface area contributed by atoms with Gasteiger partial charge in [-0.3, -0.25) is 4.79 Å². The van der Waals surface area contributed by atoms with Crippen molar-refractivity contribution in [3.8, 4) is 0 Å². The number of carbonyl (C=O) groups is 1. The molecule has 17 heavy (non-hydrogen) atoms. The third-order valence-corrected chi connectivity index (χ3v) is 3.56. The van der Waals surface area contributed by atoms with Crippen LogP contribution in [0.1, 0.15) is 40.0 Å². The number of nitrogens with one attached hydrogen (secondary N) is 1. The Kier molecular flexibility index (Phi) is 5.92. The molecule has 0 aliphatic carbocycles.